The van der Waals surface area contributed by atoms with Crippen LogP contribution in [0.3, 0.4) is 0 Å². The highest BCUT2D eigenvalue weighted by atomic mass is 16.5. The van der Waals surface area contributed by atoms with Gasteiger partial charge < -0.3 is 9.64 Å². The Labute approximate surface area is 91.5 Å². The van der Waals surface area contributed by atoms with Gasteiger partial charge in [0.15, 0.2) is 0 Å². The van der Waals surface area contributed by atoms with Crippen LogP contribution in [0.2, 0.25) is 0 Å². The third-order valence-electron chi connectivity index (χ3n) is 2.14. The van der Waals surface area contributed by atoms with E-state index in [0.717, 1.165) is 24.5 Å². The Kier molecular flexibility index (Phi) is 4.48. The van der Waals surface area contributed by atoms with E-state index in [9.17, 15) is 0 Å². The molecule has 0 saturated heterocycles. The molecular formula is C13H17NO. The van der Waals surface area contributed by atoms with E-state index in [4.69, 9.17) is 4.74 Å². The first kappa shape index (κ1) is 11.4. The molecule has 0 saturated carbocycles. The molecule has 0 bridgehead atoms. The second-order valence-electron chi connectivity index (χ2n) is 3.18. The predicted octanol–water partition coefficient (Wildman–Crippen LogP) is 2.87. The Morgan fingerprint density at radius 1 is 1.13 bits per heavy atom. The van der Waals surface area contributed by atoms with E-state index in [2.05, 4.69) is 18.1 Å². The van der Waals surface area contributed by atoms with Crippen molar-refractivity contribution in [3.63, 3.8) is 0 Å². The summed E-state index contributed by atoms with van der Waals surface area (Å²) in [5, 5.41) is 0. The van der Waals surface area contributed by atoms with Gasteiger partial charge in [0, 0.05) is 18.8 Å². The van der Waals surface area contributed by atoms with Gasteiger partial charge in [-0.1, -0.05) is 12.2 Å². The van der Waals surface area contributed by atoms with Crippen LogP contribution in [-0.2, 0) is 0 Å². The Balaban J connectivity index is 2.80. The molecule has 15 heavy (non-hydrogen) atoms. The number of anilines is 1. The molecule has 2 nitrogen and oxygen atoms in total. The normalized spacial score (nSPS) is 9.40. The molecule has 0 N–H and O–H groups in total. The van der Waals surface area contributed by atoms with Crippen LogP contribution in [0.4, 0.5) is 5.69 Å². The lowest BCUT2D eigenvalue weighted by Crippen LogP contribution is -2.22. The maximum absolute atomic E-state index is 5.11. The van der Waals surface area contributed by atoms with Crippen LogP contribution in [0.15, 0.2) is 49.6 Å². The molecule has 0 aliphatic carbocycles. The summed E-state index contributed by atoms with van der Waals surface area (Å²) in [6, 6.07) is 7.97. The fourth-order valence-corrected chi connectivity index (χ4v) is 1.39. The lowest BCUT2D eigenvalue weighted by Gasteiger charge is -2.21. The molecule has 0 amide bonds. The molecule has 2 heteroatoms. The fraction of sp³-hybridized carbons (Fsp3) is 0.231. The molecule has 1 rings (SSSR count). The van der Waals surface area contributed by atoms with Gasteiger partial charge in [-0.15, -0.1) is 13.2 Å². The molecule has 0 heterocycles. The topological polar surface area (TPSA) is 12.5 Å². The van der Waals surface area contributed by atoms with E-state index < -0.39 is 0 Å². The molecule has 0 aromatic heterocycles. The maximum Gasteiger partial charge on any atom is 0.119 e. The highest BCUT2D eigenvalue weighted by Crippen LogP contribution is 2.18. The molecule has 1 aromatic carbocycles. The molecule has 0 aliphatic rings. The third kappa shape index (κ3) is 3.17. The van der Waals surface area contributed by atoms with Crippen molar-refractivity contribution in [2.24, 2.45) is 0 Å². The van der Waals surface area contributed by atoms with Crippen molar-refractivity contribution in [2.75, 3.05) is 25.1 Å². The number of ether oxygens (including phenoxy) is 1. The Morgan fingerprint density at radius 2 is 1.67 bits per heavy atom. The zero-order valence-corrected chi connectivity index (χ0v) is 9.15. The average Bonchev–Trinajstić information content (AvgIpc) is 2.29. The monoisotopic (exact) mass is 203 g/mol. The summed E-state index contributed by atoms with van der Waals surface area (Å²) in [7, 11) is 1.67. The summed E-state index contributed by atoms with van der Waals surface area (Å²) < 4.78 is 5.11. The van der Waals surface area contributed by atoms with Crippen molar-refractivity contribution in [1.29, 1.82) is 0 Å². The number of methoxy groups -OCH3 is 1. The first-order valence-electron chi connectivity index (χ1n) is 4.92. The second kappa shape index (κ2) is 5.91. The molecule has 0 radical (unpaired) electrons. The van der Waals surface area contributed by atoms with Gasteiger partial charge in [0.25, 0.3) is 0 Å². The molecule has 0 atom stereocenters. The second-order valence-corrected chi connectivity index (χ2v) is 3.18. The van der Waals surface area contributed by atoms with Crippen molar-refractivity contribution in [1.82, 2.24) is 0 Å². The largest absolute Gasteiger partial charge is 0.497 e. The molecule has 80 valence electrons. The van der Waals surface area contributed by atoms with Crippen LogP contribution < -0.4 is 9.64 Å². The van der Waals surface area contributed by atoms with Gasteiger partial charge in [0.1, 0.15) is 5.75 Å². The molecular weight excluding hydrogens is 186 g/mol. The highest BCUT2D eigenvalue weighted by Gasteiger charge is 2.02. The van der Waals surface area contributed by atoms with Gasteiger partial charge >= 0.3 is 0 Å². The molecule has 0 aliphatic heterocycles. The van der Waals surface area contributed by atoms with Gasteiger partial charge in [-0.2, -0.15) is 0 Å². The smallest absolute Gasteiger partial charge is 0.119 e. The molecule has 0 spiro atoms. The Hall–Kier alpha value is -1.70. The quantitative estimate of drug-likeness (QED) is 0.659. The van der Waals surface area contributed by atoms with Crippen LogP contribution in [-0.4, -0.2) is 20.2 Å². The van der Waals surface area contributed by atoms with E-state index in [0.29, 0.717) is 0 Å². The lowest BCUT2D eigenvalue weighted by atomic mass is 10.2. The average molecular weight is 203 g/mol. The zero-order valence-electron chi connectivity index (χ0n) is 9.15. The number of benzene rings is 1. The number of rotatable bonds is 6. The summed E-state index contributed by atoms with van der Waals surface area (Å²) in [6.07, 6.45) is 3.77. The van der Waals surface area contributed by atoms with Crippen LogP contribution in [0.25, 0.3) is 0 Å². The van der Waals surface area contributed by atoms with E-state index in [1.165, 1.54) is 0 Å². The minimum atomic E-state index is 0.818. The minimum absolute atomic E-state index is 0.818. The van der Waals surface area contributed by atoms with Gasteiger partial charge in [0.2, 0.25) is 0 Å². The van der Waals surface area contributed by atoms with E-state index in [1.54, 1.807) is 7.11 Å². The first-order chi connectivity index (χ1) is 7.31. The number of hydrogen-bond acceptors (Lipinski definition) is 2. The first-order valence-corrected chi connectivity index (χ1v) is 4.92. The van der Waals surface area contributed by atoms with E-state index in [1.807, 2.05) is 36.4 Å². The van der Waals surface area contributed by atoms with Gasteiger partial charge in [0.05, 0.1) is 7.11 Å². The lowest BCUT2D eigenvalue weighted by molar-refractivity contribution is 0.415. The fourth-order valence-electron chi connectivity index (χ4n) is 1.39. The zero-order chi connectivity index (χ0) is 11.1. The molecule has 0 unspecified atom stereocenters. The summed E-state index contributed by atoms with van der Waals surface area (Å²) in [5.74, 6) is 0.871. The van der Waals surface area contributed by atoms with Crippen LogP contribution in [0.5, 0.6) is 5.75 Å². The SMILES string of the molecule is C=CCN(CC=C)c1ccc(OC)cc1. The summed E-state index contributed by atoms with van der Waals surface area (Å²) in [6.45, 7) is 9.12. The minimum Gasteiger partial charge on any atom is -0.497 e. The number of nitrogens with zero attached hydrogens (tertiary/aromatic N) is 1. The summed E-state index contributed by atoms with van der Waals surface area (Å²) in [4.78, 5) is 2.18. The van der Waals surface area contributed by atoms with Crippen molar-refractivity contribution in [3.05, 3.63) is 49.6 Å². The van der Waals surface area contributed by atoms with Crippen LogP contribution in [0.1, 0.15) is 0 Å². The molecule has 0 fully saturated rings. The summed E-state index contributed by atoms with van der Waals surface area (Å²) in [5.41, 5.74) is 1.15. The van der Waals surface area contributed by atoms with Gasteiger partial charge in [-0.3, -0.25) is 0 Å². The van der Waals surface area contributed by atoms with Crippen molar-refractivity contribution in [3.8, 4) is 5.75 Å². The van der Waals surface area contributed by atoms with Crippen molar-refractivity contribution >= 4 is 5.69 Å². The van der Waals surface area contributed by atoms with Crippen LogP contribution >= 0.6 is 0 Å². The highest BCUT2D eigenvalue weighted by molar-refractivity contribution is 5.50. The summed E-state index contributed by atoms with van der Waals surface area (Å²) >= 11 is 0. The van der Waals surface area contributed by atoms with Crippen LogP contribution in [0, 0.1) is 0 Å². The van der Waals surface area contributed by atoms with Gasteiger partial charge in [-0.25, -0.2) is 0 Å². The van der Waals surface area contributed by atoms with Crippen molar-refractivity contribution in [2.45, 2.75) is 0 Å². The standard InChI is InChI=1S/C13H17NO/c1-4-10-14(11-5-2)12-6-8-13(15-3)9-7-12/h4-9H,1-2,10-11H2,3H3. The van der Waals surface area contributed by atoms with Crippen molar-refractivity contribution < 1.29 is 4.74 Å². The Bertz CT molecular complexity index is 306. The maximum atomic E-state index is 5.11. The van der Waals surface area contributed by atoms with Gasteiger partial charge in [-0.05, 0) is 24.3 Å². The predicted molar refractivity (Wildman–Crippen MR) is 65.6 cm³/mol. The van der Waals surface area contributed by atoms with E-state index in [-0.39, 0.29) is 0 Å². The third-order valence-corrected chi connectivity index (χ3v) is 2.14. The number of hydrogen-bond donors (Lipinski definition) is 0. The molecule has 1 aromatic rings. The Morgan fingerprint density at radius 3 is 2.07 bits per heavy atom. The van der Waals surface area contributed by atoms with E-state index >= 15 is 0 Å².